The van der Waals surface area contributed by atoms with Crippen LogP contribution in [-0.2, 0) is 16.6 Å². The first-order valence-electron chi connectivity index (χ1n) is 18.6. The molecule has 8 rings (SSSR count). The van der Waals surface area contributed by atoms with Gasteiger partial charge in [0.15, 0.2) is 0 Å². The molecule has 0 amide bonds. The number of carboxylic acid groups (broad SMARTS) is 1. The molecular weight excluding hydrogens is 582 g/mol. The van der Waals surface area contributed by atoms with Crippen molar-refractivity contribution in [2.45, 2.75) is 118 Å². The zero-order valence-corrected chi connectivity index (χ0v) is 29.9. The molecule has 7 nitrogen and oxygen atoms in total. The summed E-state index contributed by atoms with van der Waals surface area (Å²) in [6, 6.07) is 4.62. The molecule has 4 fully saturated rings. The van der Waals surface area contributed by atoms with Gasteiger partial charge in [0.05, 0.1) is 5.92 Å². The van der Waals surface area contributed by atoms with Gasteiger partial charge in [-0.25, -0.2) is 4.98 Å². The number of pyridine rings is 1. The standard InChI is InChI=1S/C40H57N5O2/c1-36(2)19-26-24(27(20-36)35(46)47)12-14-40(7)32(26)25(23-10-11-31(42-22-23)45-16-8-9-17-45)18-30-38(5)21-28-33(43-44-34(28)41)37(3,4)29(38)13-15-39(30,40)6/h10-11,22,24,26-27,29-30H,8-9,12-21H2,1-7H3,(H,46,47)(H3,41,43,44)/t24?,26?,27-,29?,30?,38?,39?,40?/m1/s1. The van der Waals surface area contributed by atoms with Gasteiger partial charge >= 0.3 is 5.97 Å². The lowest BCUT2D eigenvalue weighted by Gasteiger charge is -2.70. The zero-order valence-electron chi connectivity index (χ0n) is 29.9. The smallest absolute Gasteiger partial charge is 0.306 e. The Morgan fingerprint density at radius 1 is 1.00 bits per heavy atom. The van der Waals surface area contributed by atoms with E-state index in [1.54, 1.807) is 5.57 Å². The lowest BCUT2D eigenvalue weighted by Crippen LogP contribution is -2.64. The number of carboxylic acids is 1. The molecule has 0 radical (unpaired) electrons. The number of aromatic amines is 1. The molecule has 7 unspecified atom stereocenters. The van der Waals surface area contributed by atoms with Crippen molar-refractivity contribution in [3.05, 3.63) is 40.7 Å². The second-order valence-corrected chi connectivity index (χ2v) is 18.8. The lowest BCUT2D eigenvalue weighted by molar-refractivity contribution is -0.161. The second-order valence-electron chi connectivity index (χ2n) is 18.8. The third-order valence-electron chi connectivity index (χ3n) is 15.6. The maximum Gasteiger partial charge on any atom is 0.306 e. The van der Waals surface area contributed by atoms with Crippen molar-refractivity contribution in [3.63, 3.8) is 0 Å². The van der Waals surface area contributed by atoms with Gasteiger partial charge < -0.3 is 15.7 Å². The van der Waals surface area contributed by atoms with E-state index < -0.39 is 5.97 Å². The summed E-state index contributed by atoms with van der Waals surface area (Å²) >= 11 is 0. The van der Waals surface area contributed by atoms with E-state index in [-0.39, 0.29) is 44.8 Å². The van der Waals surface area contributed by atoms with Crippen LogP contribution < -0.4 is 10.6 Å². The molecule has 4 N–H and O–H groups in total. The van der Waals surface area contributed by atoms with Crippen molar-refractivity contribution in [2.24, 2.45) is 51.2 Å². The van der Waals surface area contributed by atoms with Crippen LogP contribution in [0.5, 0.6) is 0 Å². The number of H-pyrrole nitrogens is 1. The van der Waals surface area contributed by atoms with E-state index in [1.807, 2.05) is 0 Å². The summed E-state index contributed by atoms with van der Waals surface area (Å²) in [5, 5.41) is 18.5. The van der Waals surface area contributed by atoms with Crippen molar-refractivity contribution >= 4 is 23.2 Å². The molecule has 0 aromatic carbocycles. The number of anilines is 2. The average molecular weight is 640 g/mol. The van der Waals surface area contributed by atoms with E-state index in [0.29, 0.717) is 17.7 Å². The van der Waals surface area contributed by atoms with Crippen molar-refractivity contribution in [3.8, 4) is 0 Å². The minimum atomic E-state index is -0.596. The van der Waals surface area contributed by atoms with Crippen LogP contribution in [0.2, 0.25) is 0 Å². The fraction of sp³-hybridized carbons (Fsp3) is 0.725. The normalized spacial score (nSPS) is 40.1. The molecule has 47 heavy (non-hydrogen) atoms. The number of nitrogen functional groups attached to an aromatic ring is 1. The molecular formula is C40H57N5O2. The van der Waals surface area contributed by atoms with E-state index in [4.69, 9.17) is 10.7 Å². The van der Waals surface area contributed by atoms with Gasteiger partial charge in [-0.05, 0) is 133 Å². The number of aliphatic carboxylic acids is 1. The fourth-order valence-electron chi connectivity index (χ4n) is 13.4. The molecule has 7 heteroatoms. The van der Waals surface area contributed by atoms with Crippen LogP contribution in [0.25, 0.3) is 5.57 Å². The summed E-state index contributed by atoms with van der Waals surface area (Å²) in [4.78, 5) is 20.4. The Morgan fingerprint density at radius 3 is 2.43 bits per heavy atom. The van der Waals surface area contributed by atoms with Crippen molar-refractivity contribution in [1.29, 1.82) is 0 Å². The number of carbonyl (C=O) groups is 1. The van der Waals surface area contributed by atoms with Gasteiger partial charge in [-0.3, -0.25) is 9.89 Å². The average Bonchev–Trinajstić information content (AvgIpc) is 3.67. The highest BCUT2D eigenvalue weighted by Crippen LogP contribution is 2.76. The van der Waals surface area contributed by atoms with Crippen molar-refractivity contribution < 1.29 is 9.90 Å². The van der Waals surface area contributed by atoms with Crippen LogP contribution >= 0.6 is 0 Å². The largest absolute Gasteiger partial charge is 0.481 e. The maximum atomic E-state index is 12.9. The summed E-state index contributed by atoms with van der Waals surface area (Å²) in [6.07, 6.45) is 12.9. The summed E-state index contributed by atoms with van der Waals surface area (Å²) in [6.45, 7) is 19.5. The molecule has 6 aliphatic rings. The predicted octanol–water partition coefficient (Wildman–Crippen LogP) is 8.27. The van der Waals surface area contributed by atoms with E-state index in [2.05, 4.69) is 81.9 Å². The third kappa shape index (κ3) is 4.25. The Bertz CT molecular complexity index is 1630. The van der Waals surface area contributed by atoms with Gasteiger partial charge in [-0.2, -0.15) is 5.10 Å². The van der Waals surface area contributed by atoms with Crippen LogP contribution in [0.1, 0.15) is 123 Å². The molecule has 0 spiro atoms. The van der Waals surface area contributed by atoms with Crippen molar-refractivity contribution in [2.75, 3.05) is 23.7 Å². The first kappa shape index (κ1) is 31.4. The number of aromatic nitrogens is 3. The van der Waals surface area contributed by atoms with Gasteiger partial charge in [0, 0.05) is 36.0 Å². The van der Waals surface area contributed by atoms with Crippen LogP contribution in [0.4, 0.5) is 11.6 Å². The topological polar surface area (TPSA) is 108 Å². The van der Waals surface area contributed by atoms with Gasteiger partial charge in [-0.1, -0.05) is 54.0 Å². The van der Waals surface area contributed by atoms with Gasteiger partial charge in [0.1, 0.15) is 11.6 Å². The second kappa shape index (κ2) is 10.1. The lowest BCUT2D eigenvalue weighted by atomic mass is 9.33. The quantitative estimate of drug-likeness (QED) is 0.312. The van der Waals surface area contributed by atoms with Crippen LogP contribution in [-0.4, -0.2) is 39.3 Å². The highest BCUT2D eigenvalue weighted by atomic mass is 16.4. The van der Waals surface area contributed by atoms with E-state index >= 15 is 0 Å². The van der Waals surface area contributed by atoms with Crippen LogP contribution in [0, 0.1) is 51.2 Å². The number of nitrogens with zero attached hydrogens (tertiary/aromatic N) is 3. The summed E-state index contributed by atoms with van der Waals surface area (Å²) in [5.41, 5.74) is 13.5. The number of nitrogens with one attached hydrogen (secondary N) is 1. The summed E-state index contributed by atoms with van der Waals surface area (Å²) < 4.78 is 0. The first-order chi connectivity index (χ1) is 22.1. The van der Waals surface area contributed by atoms with E-state index in [1.165, 1.54) is 48.1 Å². The molecule has 3 saturated carbocycles. The number of hydrogen-bond acceptors (Lipinski definition) is 5. The van der Waals surface area contributed by atoms with E-state index in [0.717, 1.165) is 57.4 Å². The Morgan fingerprint density at radius 2 is 1.74 bits per heavy atom. The molecule has 2 aromatic rings. The summed E-state index contributed by atoms with van der Waals surface area (Å²) in [7, 11) is 0. The monoisotopic (exact) mass is 639 g/mol. The number of fused-ring (bicyclic) bond motifs is 8. The predicted molar refractivity (Wildman–Crippen MR) is 188 cm³/mol. The van der Waals surface area contributed by atoms with Gasteiger partial charge in [0.25, 0.3) is 0 Å². The first-order valence-corrected chi connectivity index (χ1v) is 18.6. The van der Waals surface area contributed by atoms with Crippen LogP contribution in [0.15, 0.2) is 23.9 Å². The molecule has 8 atom stereocenters. The zero-order chi connectivity index (χ0) is 33.3. The molecule has 3 heterocycles. The van der Waals surface area contributed by atoms with E-state index in [9.17, 15) is 9.90 Å². The van der Waals surface area contributed by atoms with Crippen molar-refractivity contribution in [1.82, 2.24) is 15.2 Å². The molecule has 0 bridgehead atoms. The number of rotatable bonds is 3. The SMILES string of the molecule is CC1(C)CC2C3=C(c4ccc(N5CCCC5)nc4)CC4C5(C)Cc6c(N)n[nH]c6C(C)(C)C5CCC4(C)C3(C)CCC2[C@H](C(=O)O)C1. The Labute approximate surface area is 281 Å². The van der Waals surface area contributed by atoms with Gasteiger partial charge in [-0.15, -0.1) is 0 Å². The highest BCUT2D eigenvalue weighted by Gasteiger charge is 2.68. The molecule has 2 aromatic heterocycles. The molecule has 254 valence electrons. The maximum absolute atomic E-state index is 12.9. The Hall–Kier alpha value is -2.83. The highest BCUT2D eigenvalue weighted by molar-refractivity contribution is 5.75. The minimum absolute atomic E-state index is 0.0115. The fourth-order valence-corrected chi connectivity index (χ4v) is 13.4. The Kier molecular flexibility index (Phi) is 6.76. The molecule has 1 aliphatic heterocycles. The number of nitrogens with two attached hydrogens (primary N) is 1. The number of hydrogen-bond donors (Lipinski definition) is 3. The molecule has 1 saturated heterocycles. The molecule has 5 aliphatic carbocycles. The summed E-state index contributed by atoms with van der Waals surface area (Å²) in [5.74, 6) is 2.35. The number of allylic oxidation sites excluding steroid dienone is 2. The van der Waals surface area contributed by atoms with Crippen LogP contribution in [0.3, 0.4) is 0 Å². The minimum Gasteiger partial charge on any atom is -0.481 e. The van der Waals surface area contributed by atoms with Gasteiger partial charge in [0.2, 0.25) is 0 Å². The third-order valence-corrected chi connectivity index (χ3v) is 15.6. The Balaban J connectivity index is 1.32.